The lowest BCUT2D eigenvalue weighted by molar-refractivity contribution is -0.120. The highest BCUT2D eigenvalue weighted by Gasteiger charge is 2.39. The summed E-state index contributed by atoms with van der Waals surface area (Å²) >= 11 is 5.67. The predicted molar refractivity (Wildman–Crippen MR) is 62.4 cm³/mol. The van der Waals surface area contributed by atoms with Crippen molar-refractivity contribution in [3.63, 3.8) is 0 Å². The van der Waals surface area contributed by atoms with E-state index in [1.165, 1.54) is 6.07 Å². The molecule has 0 amide bonds. The second-order valence-electron chi connectivity index (χ2n) is 4.36. The average Bonchev–Trinajstić information content (AvgIpc) is 3.08. The van der Waals surface area contributed by atoms with Gasteiger partial charge in [-0.2, -0.15) is 13.2 Å². The molecule has 1 nitrogen and oxygen atoms in total. The van der Waals surface area contributed by atoms with Crippen molar-refractivity contribution in [1.29, 1.82) is 0 Å². The van der Waals surface area contributed by atoms with E-state index in [0.717, 1.165) is 11.0 Å². The normalized spacial score (nSPS) is 15.8. The Morgan fingerprint density at radius 2 is 1.94 bits per heavy atom. The highest BCUT2D eigenvalue weighted by atomic mass is 35.5. The number of halogens is 5. The standard InChI is InChI=1S/C12H12ClF4N/c13-6-8-2-1-3-10(14)11(8)18(9-4-5-9)7-12(15,16)17/h1-3,9H,4-7H2. The van der Waals surface area contributed by atoms with Crippen LogP contribution in [0.25, 0.3) is 0 Å². The number of para-hydroxylation sites is 1. The van der Waals surface area contributed by atoms with Crippen molar-refractivity contribution in [2.24, 2.45) is 0 Å². The minimum Gasteiger partial charge on any atom is -0.357 e. The van der Waals surface area contributed by atoms with E-state index in [4.69, 9.17) is 11.6 Å². The van der Waals surface area contributed by atoms with Crippen LogP contribution in [0, 0.1) is 5.82 Å². The van der Waals surface area contributed by atoms with Crippen LogP contribution in [0.3, 0.4) is 0 Å². The summed E-state index contributed by atoms with van der Waals surface area (Å²) < 4.78 is 51.4. The summed E-state index contributed by atoms with van der Waals surface area (Å²) in [6.45, 7) is -1.14. The van der Waals surface area contributed by atoms with Gasteiger partial charge in [-0.05, 0) is 24.5 Å². The number of anilines is 1. The Balaban J connectivity index is 2.36. The number of rotatable bonds is 4. The molecule has 0 unspecified atom stereocenters. The van der Waals surface area contributed by atoms with Gasteiger partial charge in [0, 0.05) is 11.9 Å². The van der Waals surface area contributed by atoms with E-state index in [1.54, 1.807) is 6.07 Å². The first-order valence-corrected chi connectivity index (χ1v) is 6.12. The van der Waals surface area contributed by atoms with Crippen molar-refractivity contribution in [3.8, 4) is 0 Å². The van der Waals surface area contributed by atoms with Crippen LogP contribution in [-0.2, 0) is 5.88 Å². The summed E-state index contributed by atoms with van der Waals surface area (Å²) in [5.74, 6) is -0.655. The number of hydrogen-bond acceptors (Lipinski definition) is 1. The maximum Gasteiger partial charge on any atom is 0.405 e. The third kappa shape index (κ3) is 3.07. The van der Waals surface area contributed by atoms with Crippen molar-refractivity contribution < 1.29 is 17.6 Å². The molecule has 0 spiro atoms. The van der Waals surface area contributed by atoms with E-state index in [-0.39, 0.29) is 17.6 Å². The molecule has 100 valence electrons. The lowest BCUT2D eigenvalue weighted by Gasteiger charge is -2.28. The second kappa shape index (κ2) is 4.96. The highest BCUT2D eigenvalue weighted by molar-refractivity contribution is 6.17. The number of benzene rings is 1. The predicted octanol–water partition coefficient (Wildman–Crippen LogP) is 4.10. The van der Waals surface area contributed by atoms with Gasteiger partial charge in [0.1, 0.15) is 12.4 Å². The molecular weight excluding hydrogens is 270 g/mol. The van der Waals surface area contributed by atoms with Crippen LogP contribution < -0.4 is 4.90 Å². The molecule has 1 saturated carbocycles. The summed E-state index contributed by atoms with van der Waals surface area (Å²) in [5.41, 5.74) is 0.389. The quantitative estimate of drug-likeness (QED) is 0.593. The Kier molecular flexibility index (Phi) is 3.71. The average molecular weight is 282 g/mol. The molecule has 0 atom stereocenters. The molecule has 1 aromatic rings. The van der Waals surface area contributed by atoms with Gasteiger partial charge in [0.25, 0.3) is 0 Å². The van der Waals surface area contributed by atoms with Crippen LogP contribution >= 0.6 is 11.6 Å². The molecule has 2 rings (SSSR count). The molecule has 1 aliphatic carbocycles. The van der Waals surface area contributed by atoms with E-state index in [2.05, 4.69) is 0 Å². The Morgan fingerprint density at radius 3 is 2.44 bits per heavy atom. The van der Waals surface area contributed by atoms with Gasteiger partial charge >= 0.3 is 6.18 Å². The molecule has 0 N–H and O–H groups in total. The Labute approximate surface area is 107 Å². The molecule has 18 heavy (non-hydrogen) atoms. The lowest BCUT2D eigenvalue weighted by atomic mass is 10.1. The fraction of sp³-hybridized carbons (Fsp3) is 0.500. The third-order valence-electron chi connectivity index (χ3n) is 2.84. The third-order valence-corrected chi connectivity index (χ3v) is 3.13. The minimum absolute atomic E-state index is 0.00578. The number of nitrogens with zero attached hydrogens (tertiary/aromatic N) is 1. The summed E-state index contributed by atoms with van der Waals surface area (Å²) in [6, 6.07) is 3.94. The van der Waals surface area contributed by atoms with Crippen LogP contribution in [0.1, 0.15) is 18.4 Å². The van der Waals surface area contributed by atoms with Gasteiger partial charge in [0.2, 0.25) is 0 Å². The summed E-state index contributed by atoms with van der Waals surface area (Å²) in [4.78, 5) is 1.09. The van der Waals surface area contributed by atoms with Crippen molar-refractivity contribution in [1.82, 2.24) is 0 Å². The first kappa shape index (κ1) is 13.5. The topological polar surface area (TPSA) is 3.24 Å². The van der Waals surface area contributed by atoms with Crippen molar-refractivity contribution in [3.05, 3.63) is 29.6 Å². The Bertz CT molecular complexity index is 429. The second-order valence-corrected chi connectivity index (χ2v) is 4.62. The molecule has 0 heterocycles. The number of hydrogen-bond donors (Lipinski definition) is 0. The highest BCUT2D eigenvalue weighted by Crippen LogP contribution is 2.37. The monoisotopic (exact) mass is 281 g/mol. The molecule has 0 aromatic heterocycles. The van der Waals surface area contributed by atoms with E-state index in [0.29, 0.717) is 18.4 Å². The van der Waals surface area contributed by atoms with Crippen LogP contribution in [0.15, 0.2) is 18.2 Å². The molecule has 0 radical (unpaired) electrons. The summed E-state index contributed by atoms with van der Waals surface area (Å²) in [5, 5.41) is 0. The van der Waals surface area contributed by atoms with Gasteiger partial charge < -0.3 is 4.90 Å². The van der Waals surface area contributed by atoms with Crippen molar-refractivity contribution >= 4 is 17.3 Å². The molecule has 0 aliphatic heterocycles. The van der Waals surface area contributed by atoms with Crippen LogP contribution in [0.4, 0.5) is 23.2 Å². The molecule has 1 aliphatic rings. The zero-order valence-corrected chi connectivity index (χ0v) is 10.2. The maximum atomic E-state index is 13.8. The fourth-order valence-corrected chi connectivity index (χ4v) is 2.18. The van der Waals surface area contributed by atoms with E-state index >= 15 is 0 Å². The lowest BCUT2D eigenvalue weighted by Crippen LogP contribution is -2.37. The van der Waals surface area contributed by atoms with Crippen LogP contribution in [0.2, 0.25) is 0 Å². The SMILES string of the molecule is Fc1cccc(CCl)c1N(CC(F)(F)F)C1CC1. The molecule has 0 bridgehead atoms. The zero-order valence-electron chi connectivity index (χ0n) is 9.47. The summed E-state index contributed by atoms with van der Waals surface area (Å²) in [6.07, 6.45) is -3.03. The van der Waals surface area contributed by atoms with Gasteiger partial charge in [0.15, 0.2) is 0 Å². The fourth-order valence-electron chi connectivity index (χ4n) is 1.96. The summed E-state index contributed by atoms with van der Waals surface area (Å²) in [7, 11) is 0. The molecule has 1 aromatic carbocycles. The van der Waals surface area contributed by atoms with Gasteiger partial charge in [-0.1, -0.05) is 12.1 Å². The van der Waals surface area contributed by atoms with Crippen LogP contribution in [-0.4, -0.2) is 18.8 Å². The molecular formula is C12H12ClF4N. The largest absolute Gasteiger partial charge is 0.405 e. The van der Waals surface area contributed by atoms with Gasteiger partial charge in [-0.15, -0.1) is 11.6 Å². The van der Waals surface area contributed by atoms with Gasteiger partial charge in [0.05, 0.1) is 5.69 Å². The van der Waals surface area contributed by atoms with Crippen molar-refractivity contribution in [2.75, 3.05) is 11.4 Å². The Hall–Kier alpha value is -0.970. The Morgan fingerprint density at radius 1 is 1.28 bits per heavy atom. The van der Waals surface area contributed by atoms with Crippen molar-refractivity contribution in [2.45, 2.75) is 30.9 Å². The van der Waals surface area contributed by atoms with E-state index < -0.39 is 18.5 Å². The van der Waals surface area contributed by atoms with E-state index in [1.807, 2.05) is 0 Å². The van der Waals surface area contributed by atoms with E-state index in [9.17, 15) is 17.6 Å². The van der Waals surface area contributed by atoms with Gasteiger partial charge in [-0.3, -0.25) is 0 Å². The smallest absolute Gasteiger partial charge is 0.357 e. The van der Waals surface area contributed by atoms with Gasteiger partial charge in [-0.25, -0.2) is 4.39 Å². The minimum atomic E-state index is -4.35. The first-order chi connectivity index (χ1) is 8.42. The van der Waals surface area contributed by atoms with Crippen LogP contribution in [0.5, 0.6) is 0 Å². The number of alkyl halides is 4. The first-order valence-electron chi connectivity index (χ1n) is 5.59. The zero-order chi connectivity index (χ0) is 13.3. The molecule has 1 fully saturated rings. The molecule has 6 heteroatoms. The molecule has 0 saturated heterocycles. The maximum absolute atomic E-state index is 13.8.